The van der Waals surface area contributed by atoms with E-state index in [2.05, 4.69) is 24.0 Å². The van der Waals surface area contributed by atoms with E-state index < -0.39 is 0 Å². The fourth-order valence-electron chi connectivity index (χ4n) is 3.84. The number of piperidine rings is 1. The number of rotatable bonds is 4. The van der Waals surface area contributed by atoms with Crippen LogP contribution in [0, 0.1) is 0 Å². The molecule has 0 saturated carbocycles. The van der Waals surface area contributed by atoms with Gasteiger partial charge in [-0.1, -0.05) is 89.9 Å². The van der Waals surface area contributed by atoms with Crippen molar-refractivity contribution in [3.63, 3.8) is 0 Å². The predicted molar refractivity (Wildman–Crippen MR) is 130 cm³/mol. The fraction of sp³-hybridized carbons (Fsp3) is 0.148. The van der Waals surface area contributed by atoms with Gasteiger partial charge in [0.2, 0.25) is 0 Å². The SMILES string of the molecule is C[C@H](c1ccccc1)N1C/C(=C\c2ccccc2Cl)C(=O)/C(=C/c2ccccc2Cl)C1. The molecule has 0 N–H and O–H groups in total. The van der Waals surface area contributed by atoms with E-state index in [1.54, 1.807) is 0 Å². The summed E-state index contributed by atoms with van der Waals surface area (Å²) in [7, 11) is 0. The van der Waals surface area contributed by atoms with Gasteiger partial charge in [0.05, 0.1) is 0 Å². The summed E-state index contributed by atoms with van der Waals surface area (Å²) < 4.78 is 0. The van der Waals surface area contributed by atoms with Crippen LogP contribution >= 0.6 is 23.2 Å². The topological polar surface area (TPSA) is 20.3 Å². The van der Waals surface area contributed by atoms with Crippen LogP contribution in [0.4, 0.5) is 0 Å². The fourth-order valence-corrected chi connectivity index (χ4v) is 4.22. The van der Waals surface area contributed by atoms with Crippen LogP contribution < -0.4 is 0 Å². The molecule has 31 heavy (non-hydrogen) atoms. The Labute approximate surface area is 193 Å². The summed E-state index contributed by atoms with van der Waals surface area (Å²) in [5.74, 6) is 0.0383. The van der Waals surface area contributed by atoms with E-state index in [4.69, 9.17) is 23.2 Å². The number of nitrogens with zero attached hydrogens (tertiary/aromatic N) is 1. The second-order valence-electron chi connectivity index (χ2n) is 7.70. The highest BCUT2D eigenvalue weighted by Crippen LogP contribution is 2.31. The largest absolute Gasteiger partial charge is 0.289 e. The molecule has 4 heteroatoms. The molecule has 156 valence electrons. The lowest BCUT2D eigenvalue weighted by molar-refractivity contribution is -0.113. The van der Waals surface area contributed by atoms with Gasteiger partial charge in [-0.2, -0.15) is 0 Å². The highest BCUT2D eigenvalue weighted by molar-refractivity contribution is 6.33. The summed E-state index contributed by atoms with van der Waals surface area (Å²) in [6.45, 7) is 3.28. The van der Waals surface area contributed by atoms with Gasteiger partial charge < -0.3 is 0 Å². The number of carbonyl (C=O) groups is 1. The average molecular weight is 448 g/mol. The molecule has 0 unspecified atom stereocenters. The summed E-state index contributed by atoms with van der Waals surface area (Å²) >= 11 is 12.7. The molecule has 0 bridgehead atoms. The Morgan fingerprint density at radius 3 is 1.68 bits per heavy atom. The van der Waals surface area contributed by atoms with Crippen molar-refractivity contribution < 1.29 is 4.79 Å². The summed E-state index contributed by atoms with van der Waals surface area (Å²) in [5.41, 5.74) is 4.35. The second kappa shape index (κ2) is 9.65. The zero-order valence-corrected chi connectivity index (χ0v) is 18.8. The molecule has 3 aromatic carbocycles. The van der Waals surface area contributed by atoms with E-state index in [-0.39, 0.29) is 11.8 Å². The Bertz CT molecular complexity index is 1080. The molecule has 1 saturated heterocycles. The first-order valence-electron chi connectivity index (χ1n) is 10.3. The number of carbonyl (C=O) groups excluding carboxylic acids is 1. The van der Waals surface area contributed by atoms with Gasteiger partial charge in [0.1, 0.15) is 0 Å². The van der Waals surface area contributed by atoms with Crippen LogP contribution in [-0.2, 0) is 4.79 Å². The van der Waals surface area contributed by atoms with E-state index >= 15 is 0 Å². The Balaban J connectivity index is 1.75. The lowest BCUT2D eigenvalue weighted by Gasteiger charge is -2.35. The van der Waals surface area contributed by atoms with Crippen molar-refractivity contribution in [3.05, 3.63) is 117 Å². The third-order valence-corrected chi connectivity index (χ3v) is 6.32. The molecule has 3 aromatic rings. The Morgan fingerprint density at radius 1 is 0.742 bits per heavy atom. The zero-order valence-electron chi connectivity index (χ0n) is 17.3. The number of ketones is 1. The third-order valence-electron chi connectivity index (χ3n) is 5.63. The molecule has 0 radical (unpaired) electrons. The van der Waals surface area contributed by atoms with Gasteiger partial charge in [-0.3, -0.25) is 9.69 Å². The zero-order chi connectivity index (χ0) is 21.8. The summed E-state index contributed by atoms with van der Waals surface area (Å²) in [6, 6.07) is 25.7. The molecule has 0 amide bonds. The van der Waals surface area contributed by atoms with Crippen LogP contribution in [0.5, 0.6) is 0 Å². The quantitative estimate of drug-likeness (QED) is 0.397. The number of halogens is 2. The van der Waals surface area contributed by atoms with Crippen LogP contribution in [-0.4, -0.2) is 23.8 Å². The average Bonchev–Trinajstić information content (AvgIpc) is 2.79. The van der Waals surface area contributed by atoms with Crippen molar-refractivity contribution in [2.24, 2.45) is 0 Å². The number of Topliss-reactive ketones (excluding diaryl/α,β-unsaturated/α-hetero) is 1. The maximum Gasteiger partial charge on any atom is 0.187 e. The highest BCUT2D eigenvalue weighted by Gasteiger charge is 2.29. The number of benzene rings is 3. The van der Waals surface area contributed by atoms with E-state index in [9.17, 15) is 4.79 Å². The molecule has 1 atom stereocenters. The van der Waals surface area contributed by atoms with Crippen LogP contribution in [0.3, 0.4) is 0 Å². The lowest BCUT2D eigenvalue weighted by atomic mass is 9.92. The van der Waals surface area contributed by atoms with Crippen LogP contribution in [0.1, 0.15) is 29.7 Å². The van der Waals surface area contributed by atoms with Crippen molar-refractivity contribution in [3.8, 4) is 0 Å². The normalized spacial score (nSPS) is 18.5. The Kier molecular flexibility index (Phi) is 6.72. The second-order valence-corrected chi connectivity index (χ2v) is 8.52. The maximum atomic E-state index is 13.4. The minimum Gasteiger partial charge on any atom is -0.289 e. The molecule has 1 aliphatic rings. The molecule has 2 nitrogen and oxygen atoms in total. The molecule has 0 aromatic heterocycles. The predicted octanol–water partition coefficient (Wildman–Crippen LogP) is 7.11. The smallest absolute Gasteiger partial charge is 0.187 e. The minimum absolute atomic E-state index is 0.0383. The number of likely N-dealkylation sites (tertiary alicyclic amines) is 1. The first kappa shape index (κ1) is 21.6. The minimum atomic E-state index is 0.0383. The number of hydrogen-bond donors (Lipinski definition) is 0. The van der Waals surface area contributed by atoms with Crippen molar-refractivity contribution >= 4 is 41.1 Å². The van der Waals surface area contributed by atoms with Gasteiger partial charge >= 0.3 is 0 Å². The van der Waals surface area contributed by atoms with Crippen LogP contribution in [0.25, 0.3) is 12.2 Å². The molecular weight excluding hydrogens is 425 g/mol. The van der Waals surface area contributed by atoms with Gasteiger partial charge in [-0.05, 0) is 47.9 Å². The van der Waals surface area contributed by atoms with Gasteiger partial charge in [0.25, 0.3) is 0 Å². The summed E-state index contributed by atoms with van der Waals surface area (Å²) in [4.78, 5) is 15.7. The lowest BCUT2D eigenvalue weighted by Crippen LogP contribution is -2.39. The molecular formula is C27H23Cl2NO. The van der Waals surface area contributed by atoms with Crippen molar-refractivity contribution in [2.45, 2.75) is 13.0 Å². The monoisotopic (exact) mass is 447 g/mol. The molecule has 0 spiro atoms. The first-order chi connectivity index (χ1) is 15.0. The molecule has 1 aliphatic heterocycles. The summed E-state index contributed by atoms with van der Waals surface area (Å²) in [6.07, 6.45) is 3.82. The molecule has 1 heterocycles. The Morgan fingerprint density at radius 2 is 1.19 bits per heavy atom. The number of hydrogen-bond acceptors (Lipinski definition) is 2. The van der Waals surface area contributed by atoms with Crippen LogP contribution in [0.15, 0.2) is 90.0 Å². The molecule has 4 rings (SSSR count). The van der Waals surface area contributed by atoms with Crippen molar-refractivity contribution in [2.75, 3.05) is 13.1 Å². The summed E-state index contributed by atoms with van der Waals surface area (Å²) in [5, 5.41) is 1.26. The van der Waals surface area contributed by atoms with Crippen molar-refractivity contribution in [1.29, 1.82) is 0 Å². The first-order valence-corrected chi connectivity index (χ1v) is 11.0. The third kappa shape index (κ3) is 4.99. The Hall–Kier alpha value is -2.65. The molecule has 1 fully saturated rings. The highest BCUT2D eigenvalue weighted by atomic mass is 35.5. The van der Waals surface area contributed by atoms with E-state index in [1.807, 2.05) is 78.9 Å². The van der Waals surface area contributed by atoms with Gasteiger partial charge in [0, 0.05) is 40.3 Å². The van der Waals surface area contributed by atoms with E-state index in [0.29, 0.717) is 23.1 Å². The van der Waals surface area contributed by atoms with Gasteiger partial charge in [-0.25, -0.2) is 0 Å². The maximum absolute atomic E-state index is 13.4. The van der Waals surface area contributed by atoms with Gasteiger partial charge in [0.15, 0.2) is 5.78 Å². The van der Waals surface area contributed by atoms with E-state index in [1.165, 1.54) is 5.56 Å². The molecule has 0 aliphatic carbocycles. The van der Waals surface area contributed by atoms with Crippen molar-refractivity contribution in [1.82, 2.24) is 4.90 Å². The van der Waals surface area contributed by atoms with Gasteiger partial charge in [-0.15, -0.1) is 0 Å². The van der Waals surface area contributed by atoms with E-state index in [0.717, 1.165) is 22.3 Å². The van der Waals surface area contributed by atoms with Crippen LogP contribution in [0.2, 0.25) is 10.0 Å². The standard InChI is InChI=1S/C27H23Cl2NO/c1-19(20-9-3-2-4-10-20)30-17-23(15-21-11-5-7-13-25(21)28)27(31)24(18-30)16-22-12-6-8-14-26(22)29/h2-16,19H,17-18H2,1H3/b23-15+,24-16+/t19-/m1/s1.